The molecule has 0 bridgehead atoms. The van der Waals surface area contributed by atoms with Crippen LogP contribution in [0.25, 0.3) is 0 Å². The quantitative estimate of drug-likeness (QED) is 0.269. The number of thioether (sulfide) groups is 1. The van der Waals surface area contributed by atoms with Gasteiger partial charge in [-0.1, -0.05) is 103 Å². The summed E-state index contributed by atoms with van der Waals surface area (Å²) in [6.07, 6.45) is 5.92. The molecule has 156 valence electrons. The topological polar surface area (TPSA) is 33.4 Å². The molecule has 4 nitrogen and oxygen atoms in total. The maximum atomic E-state index is 4.95. The molecule has 0 aliphatic heterocycles. The van der Waals surface area contributed by atoms with Crippen LogP contribution in [-0.4, -0.2) is 26.1 Å². The Labute approximate surface area is 188 Å². The molecule has 0 fully saturated rings. The van der Waals surface area contributed by atoms with Crippen LogP contribution in [0.2, 0.25) is 0 Å². The van der Waals surface area contributed by atoms with E-state index in [1.165, 1.54) is 16.7 Å². The largest absolute Gasteiger partial charge is 0.343 e. The van der Waals surface area contributed by atoms with E-state index in [9.17, 15) is 0 Å². The molecule has 5 heteroatoms. The Hall–Kier alpha value is -3.31. The predicted molar refractivity (Wildman–Crippen MR) is 131 cm³/mol. The highest BCUT2D eigenvalue weighted by Crippen LogP contribution is 2.20. The average Bonchev–Trinajstić information content (AvgIpc) is 3.26. The summed E-state index contributed by atoms with van der Waals surface area (Å²) in [6, 6.07) is 31.4. The summed E-state index contributed by atoms with van der Waals surface area (Å²) in [4.78, 5) is 7.28. The Morgan fingerprint density at radius 1 is 0.806 bits per heavy atom. The SMILES string of the molecule is CSC(=Nc1cnn(Cc2ccccc2)c1)N(Cc1ccccc1)Cc1ccccc1. The summed E-state index contributed by atoms with van der Waals surface area (Å²) in [5.74, 6) is 0. The van der Waals surface area contributed by atoms with Gasteiger partial charge in [-0.2, -0.15) is 5.10 Å². The van der Waals surface area contributed by atoms with Crippen molar-refractivity contribution in [2.75, 3.05) is 6.26 Å². The van der Waals surface area contributed by atoms with Gasteiger partial charge in [0.2, 0.25) is 0 Å². The fourth-order valence-corrected chi connectivity index (χ4v) is 4.01. The molecule has 3 aromatic carbocycles. The molecule has 0 N–H and O–H groups in total. The summed E-state index contributed by atoms with van der Waals surface area (Å²) < 4.78 is 1.94. The zero-order chi connectivity index (χ0) is 21.3. The zero-order valence-electron chi connectivity index (χ0n) is 17.6. The van der Waals surface area contributed by atoms with Crippen LogP contribution >= 0.6 is 11.8 Å². The molecule has 4 aromatic rings. The molecule has 0 spiro atoms. The number of amidine groups is 1. The van der Waals surface area contributed by atoms with Crippen molar-refractivity contribution < 1.29 is 0 Å². The van der Waals surface area contributed by atoms with E-state index in [2.05, 4.69) is 101 Å². The minimum Gasteiger partial charge on any atom is -0.343 e. The summed E-state index contributed by atoms with van der Waals surface area (Å²) in [7, 11) is 0. The van der Waals surface area contributed by atoms with Gasteiger partial charge in [-0.3, -0.25) is 4.68 Å². The lowest BCUT2D eigenvalue weighted by atomic mass is 10.2. The Morgan fingerprint density at radius 2 is 1.32 bits per heavy atom. The maximum absolute atomic E-state index is 4.95. The first kappa shape index (κ1) is 20.9. The van der Waals surface area contributed by atoms with Crippen molar-refractivity contribution in [2.24, 2.45) is 4.99 Å². The van der Waals surface area contributed by atoms with Crippen LogP contribution in [0.15, 0.2) is 108 Å². The summed E-state index contributed by atoms with van der Waals surface area (Å²) in [5, 5.41) is 5.49. The van der Waals surface area contributed by atoms with Gasteiger partial charge in [-0.25, -0.2) is 4.99 Å². The van der Waals surface area contributed by atoms with Crippen molar-refractivity contribution in [3.63, 3.8) is 0 Å². The van der Waals surface area contributed by atoms with E-state index in [0.717, 1.165) is 30.5 Å². The minimum absolute atomic E-state index is 0.739. The Bertz CT molecular complexity index is 1050. The summed E-state index contributed by atoms with van der Waals surface area (Å²) in [6.45, 7) is 2.34. The molecule has 0 atom stereocenters. The second kappa shape index (κ2) is 10.6. The van der Waals surface area contributed by atoms with E-state index >= 15 is 0 Å². The molecule has 0 radical (unpaired) electrons. The highest BCUT2D eigenvalue weighted by Gasteiger charge is 2.13. The Morgan fingerprint density at radius 3 is 1.84 bits per heavy atom. The molecule has 0 aliphatic rings. The van der Waals surface area contributed by atoms with E-state index in [1.807, 2.05) is 23.1 Å². The molecule has 1 heterocycles. The molecule has 4 rings (SSSR count). The number of aromatic nitrogens is 2. The summed E-state index contributed by atoms with van der Waals surface area (Å²) >= 11 is 1.66. The van der Waals surface area contributed by atoms with Crippen LogP contribution in [0.3, 0.4) is 0 Å². The van der Waals surface area contributed by atoms with E-state index in [4.69, 9.17) is 4.99 Å². The first-order valence-electron chi connectivity index (χ1n) is 10.3. The third-order valence-corrected chi connectivity index (χ3v) is 5.63. The lowest BCUT2D eigenvalue weighted by molar-refractivity contribution is 0.415. The highest BCUT2D eigenvalue weighted by molar-refractivity contribution is 8.13. The third-order valence-electron chi connectivity index (χ3n) is 4.92. The van der Waals surface area contributed by atoms with Crippen molar-refractivity contribution in [1.29, 1.82) is 0 Å². The van der Waals surface area contributed by atoms with Crippen LogP contribution in [0.1, 0.15) is 16.7 Å². The van der Waals surface area contributed by atoms with Crippen molar-refractivity contribution in [3.05, 3.63) is 120 Å². The van der Waals surface area contributed by atoms with Gasteiger partial charge in [-0.05, 0) is 22.9 Å². The van der Waals surface area contributed by atoms with Crippen molar-refractivity contribution in [3.8, 4) is 0 Å². The molecule has 31 heavy (non-hydrogen) atoms. The number of rotatable bonds is 7. The van der Waals surface area contributed by atoms with Crippen molar-refractivity contribution >= 4 is 22.6 Å². The van der Waals surface area contributed by atoms with E-state index in [0.29, 0.717) is 0 Å². The molecular formula is C26H26N4S. The molecule has 0 amide bonds. The maximum Gasteiger partial charge on any atom is 0.164 e. The third kappa shape index (κ3) is 6.09. The van der Waals surface area contributed by atoms with Crippen LogP contribution in [0.4, 0.5) is 5.69 Å². The number of hydrogen-bond donors (Lipinski definition) is 0. The fraction of sp³-hybridized carbons (Fsp3) is 0.154. The first-order chi connectivity index (χ1) is 15.3. The molecule has 0 saturated heterocycles. The van der Waals surface area contributed by atoms with Gasteiger partial charge in [0, 0.05) is 13.1 Å². The van der Waals surface area contributed by atoms with Crippen LogP contribution < -0.4 is 0 Å². The van der Waals surface area contributed by atoms with E-state index < -0.39 is 0 Å². The minimum atomic E-state index is 0.739. The van der Waals surface area contributed by atoms with E-state index in [-0.39, 0.29) is 0 Å². The summed E-state index contributed by atoms with van der Waals surface area (Å²) in [5.41, 5.74) is 4.62. The second-order valence-corrected chi connectivity index (χ2v) is 8.08. The van der Waals surface area contributed by atoms with Gasteiger partial charge in [0.15, 0.2) is 5.17 Å². The predicted octanol–water partition coefficient (Wildman–Crippen LogP) is 5.98. The second-order valence-electron chi connectivity index (χ2n) is 7.31. The Kier molecular flexibility index (Phi) is 7.19. The molecular weight excluding hydrogens is 400 g/mol. The van der Waals surface area contributed by atoms with Crippen LogP contribution in [0, 0.1) is 0 Å². The standard InChI is InChI=1S/C26H26N4S/c1-31-26(28-25-17-27-30(21-25)20-24-15-9-4-10-16-24)29(18-22-11-5-2-6-12-22)19-23-13-7-3-8-14-23/h2-17,21H,18-20H2,1H3. The number of aliphatic imine (C=N–C) groups is 1. The van der Waals surface area contributed by atoms with Crippen LogP contribution in [0.5, 0.6) is 0 Å². The number of hydrogen-bond acceptors (Lipinski definition) is 3. The van der Waals surface area contributed by atoms with Gasteiger partial charge in [0.05, 0.1) is 18.9 Å². The number of nitrogens with zero attached hydrogens (tertiary/aromatic N) is 4. The molecule has 0 unspecified atom stereocenters. The smallest absolute Gasteiger partial charge is 0.164 e. The number of benzene rings is 3. The zero-order valence-corrected chi connectivity index (χ0v) is 18.4. The van der Waals surface area contributed by atoms with Gasteiger partial charge < -0.3 is 4.90 Å². The van der Waals surface area contributed by atoms with Gasteiger partial charge in [0.25, 0.3) is 0 Å². The average molecular weight is 427 g/mol. The van der Waals surface area contributed by atoms with Crippen molar-refractivity contribution in [1.82, 2.24) is 14.7 Å². The molecule has 0 saturated carbocycles. The Balaban J connectivity index is 1.57. The lowest BCUT2D eigenvalue weighted by Crippen LogP contribution is -2.27. The normalized spacial score (nSPS) is 11.5. The van der Waals surface area contributed by atoms with Gasteiger partial charge >= 0.3 is 0 Å². The highest BCUT2D eigenvalue weighted by atomic mass is 32.2. The van der Waals surface area contributed by atoms with Crippen molar-refractivity contribution in [2.45, 2.75) is 19.6 Å². The lowest BCUT2D eigenvalue weighted by Gasteiger charge is -2.25. The monoisotopic (exact) mass is 426 g/mol. The molecule has 0 aliphatic carbocycles. The van der Waals surface area contributed by atoms with Crippen LogP contribution in [-0.2, 0) is 19.6 Å². The van der Waals surface area contributed by atoms with E-state index in [1.54, 1.807) is 11.8 Å². The molecule has 1 aromatic heterocycles. The van der Waals surface area contributed by atoms with Gasteiger partial charge in [0.1, 0.15) is 5.69 Å². The van der Waals surface area contributed by atoms with Gasteiger partial charge in [-0.15, -0.1) is 0 Å². The fourth-order valence-electron chi connectivity index (χ4n) is 3.42. The first-order valence-corrected chi connectivity index (χ1v) is 11.5.